The Morgan fingerprint density at radius 2 is 1.95 bits per heavy atom. The van der Waals surface area contributed by atoms with Crippen molar-refractivity contribution in [3.8, 4) is 11.5 Å². The third-order valence-electron chi connectivity index (χ3n) is 3.23. The maximum atomic E-state index is 12.6. The third-order valence-corrected chi connectivity index (χ3v) is 4.12. The average Bonchev–Trinajstić information content (AvgIpc) is 2.91. The highest BCUT2D eigenvalue weighted by Crippen LogP contribution is 2.31. The van der Waals surface area contributed by atoms with E-state index in [1.54, 1.807) is 49.2 Å². The molecular weight excluding hydrogens is 397 g/mol. The van der Waals surface area contributed by atoms with Crippen molar-refractivity contribution in [2.75, 3.05) is 21.3 Å². The molecular formula is C15H18IN3O3. The van der Waals surface area contributed by atoms with Gasteiger partial charge in [-0.25, -0.2) is 0 Å². The van der Waals surface area contributed by atoms with Crippen LogP contribution in [-0.2, 0) is 13.6 Å². The number of halogens is 1. The molecule has 0 fully saturated rings. The number of nitrogens with zero attached hydrogens (tertiary/aromatic N) is 3. The third kappa shape index (κ3) is 3.52. The van der Waals surface area contributed by atoms with Crippen molar-refractivity contribution in [1.82, 2.24) is 14.7 Å². The Balaban J connectivity index is 2.24. The van der Waals surface area contributed by atoms with Gasteiger partial charge in [-0.1, -0.05) is 0 Å². The van der Waals surface area contributed by atoms with E-state index in [9.17, 15) is 4.79 Å². The predicted molar refractivity (Wildman–Crippen MR) is 91.3 cm³/mol. The van der Waals surface area contributed by atoms with Crippen LogP contribution in [0.2, 0.25) is 0 Å². The maximum absolute atomic E-state index is 12.6. The summed E-state index contributed by atoms with van der Waals surface area (Å²) in [7, 11) is 6.74. The molecule has 2 rings (SSSR count). The summed E-state index contributed by atoms with van der Waals surface area (Å²) in [5, 5.41) is 4.11. The van der Waals surface area contributed by atoms with E-state index in [0.717, 1.165) is 9.13 Å². The van der Waals surface area contributed by atoms with Gasteiger partial charge in [-0.3, -0.25) is 9.48 Å². The highest BCUT2D eigenvalue weighted by atomic mass is 127. The summed E-state index contributed by atoms with van der Waals surface area (Å²) in [6.07, 6.45) is 3.65. The Kier molecular flexibility index (Phi) is 5.28. The lowest BCUT2D eigenvalue weighted by Gasteiger charge is -2.18. The summed E-state index contributed by atoms with van der Waals surface area (Å²) < 4.78 is 13.0. The zero-order valence-electron chi connectivity index (χ0n) is 13.0. The molecule has 22 heavy (non-hydrogen) atoms. The SMILES string of the molecule is COc1cc(I)c(C(=O)N(C)Cc2cnn(C)c2)cc1OC. The topological polar surface area (TPSA) is 56.6 Å². The molecule has 0 atom stereocenters. The molecule has 0 radical (unpaired) electrons. The van der Waals surface area contributed by atoms with Crippen LogP contribution in [0, 0.1) is 3.57 Å². The van der Waals surface area contributed by atoms with Crippen molar-refractivity contribution >= 4 is 28.5 Å². The van der Waals surface area contributed by atoms with Crippen LogP contribution in [-0.4, -0.2) is 41.9 Å². The molecule has 0 unspecified atom stereocenters. The lowest BCUT2D eigenvalue weighted by Crippen LogP contribution is -2.26. The lowest BCUT2D eigenvalue weighted by molar-refractivity contribution is 0.0783. The van der Waals surface area contributed by atoms with E-state index in [1.165, 1.54) is 0 Å². The minimum Gasteiger partial charge on any atom is -0.493 e. The zero-order valence-corrected chi connectivity index (χ0v) is 15.1. The number of carbonyl (C=O) groups excluding carboxylic acids is 1. The molecule has 1 aromatic heterocycles. The maximum Gasteiger partial charge on any atom is 0.255 e. The first-order chi connectivity index (χ1) is 10.5. The van der Waals surface area contributed by atoms with E-state index in [0.29, 0.717) is 23.6 Å². The normalized spacial score (nSPS) is 10.4. The fourth-order valence-electron chi connectivity index (χ4n) is 2.12. The van der Waals surface area contributed by atoms with Crippen LogP contribution in [0.4, 0.5) is 0 Å². The van der Waals surface area contributed by atoms with Gasteiger partial charge in [0.15, 0.2) is 11.5 Å². The predicted octanol–water partition coefficient (Wildman–Crippen LogP) is 2.31. The van der Waals surface area contributed by atoms with Gasteiger partial charge in [-0.05, 0) is 34.7 Å². The molecule has 0 bridgehead atoms. The number of carbonyl (C=O) groups is 1. The van der Waals surface area contributed by atoms with E-state index in [1.807, 2.05) is 13.2 Å². The first-order valence-corrected chi connectivity index (χ1v) is 7.68. The highest BCUT2D eigenvalue weighted by Gasteiger charge is 2.19. The minimum atomic E-state index is -0.0748. The Labute approximate surface area is 143 Å². The first-order valence-electron chi connectivity index (χ1n) is 6.60. The lowest BCUT2D eigenvalue weighted by atomic mass is 10.1. The quantitative estimate of drug-likeness (QED) is 0.704. The number of hydrogen-bond acceptors (Lipinski definition) is 4. The van der Waals surface area contributed by atoms with Crippen molar-refractivity contribution in [3.63, 3.8) is 0 Å². The molecule has 2 aromatic rings. The molecule has 1 heterocycles. The molecule has 1 aromatic carbocycles. The van der Waals surface area contributed by atoms with Crippen molar-refractivity contribution in [2.45, 2.75) is 6.54 Å². The van der Waals surface area contributed by atoms with Crippen LogP contribution < -0.4 is 9.47 Å². The molecule has 0 saturated heterocycles. The Morgan fingerprint density at radius 1 is 1.32 bits per heavy atom. The molecule has 1 amide bonds. The monoisotopic (exact) mass is 415 g/mol. The summed E-state index contributed by atoms with van der Waals surface area (Å²) in [4.78, 5) is 14.3. The first kappa shape index (κ1) is 16.6. The molecule has 0 aliphatic heterocycles. The van der Waals surface area contributed by atoms with Crippen LogP contribution in [0.15, 0.2) is 24.5 Å². The number of amides is 1. The molecule has 6 nitrogen and oxygen atoms in total. The number of rotatable bonds is 5. The van der Waals surface area contributed by atoms with Crippen LogP contribution in [0.3, 0.4) is 0 Å². The molecule has 0 N–H and O–H groups in total. The standard InChI is InChI=1S/C15H18IN3O3/c1-18(8-10-7-17-19(2)9-10)15(20)11-5-13(21-3)14(22-4)6-12(11)16/h5-7,9H,8H2,1-4H3. The summed E-state index contributed by atoms with van der Waals surface area (Å²) in [5.41, 5.74) is 1.57. The second kappa shape index (κ2) is 6.99. The van der Waals surface area contributed by atoms with Crippen molar-refractivity contribution < 1.29 is 14.3 Å². The van der Waals surface area contributed by atoms with E-state index in [2.05, 4.69) is 27.7 Å². The molecule has 7 heteroatoms. The number of hydrogen-bond donors (Lipinski definition) is 0. The average molecular weight is 415 g/mol. The van der Waals surface area contributed by atoms with Gasteiger partial charge in [0, 0.05) is 36.0 Å². The van der Waals surface area contributed by atoms with E-state index in [4.69, 9.17) is 9.47 Å². The summed E-state index contributed by atoms with van der Waals surface area (Å²) in [6.45, 7) is 0.497. The van der Waals surface area contributed by atoms with Crippen LogP contribution in [0.25, 0.3) is 0 Å². The van der Waals surface area contributed by atoms with Crippen LogP contribution in [0.1, 0.15) is 15.9 Å². The number of aromatic nitrogens is 2. The second-order valence-corrected chi connectivity index (χ2v) is 6.03. The largest absolute Gasteiger partial charge is 0.493 e. The molecule has 0 aliphatic rings. The smallest absolute Gasteiger partial charge is 0.255 e. The van der Waals surface area contributed by atoms with Gasteiger partial charge in [-0.2, -0.15) is 5.10 Å². The van der Waals surface area contributed by atoms with Crippen molar-refractivity contribution in [1.29, 1.82) is 0 Å². The highest BCUT2D eigenvalue weighted by molar-refractivity contribution is 14.1. The van der Waals surface area contributed by atoms with Crippen molar-refractivity contribution in [2.24, 2.45) is 7.05 Å². The summed E-state index contributed by atoms with van der Waals surface area (Å²) in [5.74, 6) is 1.08. The van der Waals surface area contributed by atoms with E-state index in [-0.39, 0.29) is 5.91 Å². The van der Waals surface area contributed by atoms with Gasteiger partial charge in [-0.15, -0.1) is 0 Å². The van der Waals surface area contributed by atoms with E-state index >= 15 is 0 Å². The van der Waals surface area contributed by atoms with Gasteiger partial charge in [0.05, 0.1) is 26.0 Å². The summed E-state index contributed by atoms with van der Waals surface area (Å²) >= 11 is 2.13. The zero-order chi connectivity index (χ0) is 16.3. The Morgan fingerprint density at radius 3 is 2.50 bits per heavy atom. The van der Waals surface area contributed by atoms with Gasteiger partial charge in [0.25, 0.3) is 5.91 Å². The fourth-order valence-corrected chi connectivity index (χ4v) is 2.79. The van der Waals surface area contributed by atoms with Gasteiger partial charge < -0.3 is 14.4 Å². The second-order valence-electron chi connectivity index (χ2n) is 4.87. The van der Waals surface area contributed by atoms with Crippen LogP contribution >= 0.6 is 22.6 Å². The number of ether oxygens (including phenoxy) is 2. The molecule has 0 saturated carbocycles. The molecule has 118 valence electrons. The number of aryl methyl sites for hydroxylation is 1. The number of benzene rings is 1. The Hall–Kier alpha value is -1.77. The number of methoxy groups -OCH3 is 2. The molecule has 0 spiro atoms. The van der Waals surface area contributed by atoms with Gasteiger partial charge in [0.1, 0.15) is 0 Å². The minimum absolute atomic E-state index is 0.0748. The van der Waals surface area contributed by atoms with Crippen LogP contribution in [0.5, 0.6) is 11.5 Å². The Bertz CT molecular complexity index is 685. The van der Waals surface area contributed by atoms with Gasteiger partial charge >= 0.3 is 0 Å². The summed E-state index contributed by atoms with van der Waals surface area (Å²) in [6, 6.07) is 3.51. The fraction of sp³-hybridized carbons (Fsp3) is 0.333. The molecule has 0 aliphatic carbocycles. The van der Waals surface area contributed by atoms with Gasteiger partial charge in [0.2, 0.25) is 0 Å². The van der Waals surface area contributed by atoms with Crippen molar-refractivity contribution in [3.05, 3.63) is 39.2 Å². The van der Waals surface area contributed by atoms with E-state index < -0.39 is 0 Å².